The zero-order chi connectivity index (χ0) is 24.1. The molecule has 1 amide bonds. The first-order valence-corrected chi connectivity index (χ1v) is 11.6. The molecule has 0 atom stereocenters. The van der Waals surface area contributed by atoms with E-state index in [1.165, 1.54) is 12.4 Å². The van der Waals surface area contributed by atoms with Gasteiger partial charge in [-0.3, -0.25) is 0 Å². The van der Waals surface area contributed by atoms with Crippen molar-refractivity contribution < 1.29 is 13.9 Å². The van der Waals surface area contributed by atoms with E-state index >= 15 is 0 Å². The van der Waals surface area contributed by atoms with Crippen molar-refractivity contribution in [3.63, 3.8) is 0 Å². The minimum Gasteiger partial charge on any atom is -0.444 e. The van der Waals surface area contributed by atoms with Crippen molar-refractivity contribution in [3.05, 3.63) is 47.5 Å². The van der Waals surface area contributed by atoms with E-state index in [0.29, 0.717) is 29.9 Å². The first-order valence-electron chi connectivity index (χ1n) is 11.2. The van der Waals surface area contributed by atoms with Crippen molar-refractivity contribution in [2.75, 3.05) is 36.4 Å². The third-order valence-electron chi connectivity index (χ3n) is 6.14. The van der Waals surface area contributed by atoms with E-state index in [0.717, 1.165) is 25.3 Å². The number of likely N-dealkylation sites (tertiary alicyclic amines) is 1. The Morgan fingerprint density at radius 3 is 2.74 bits per heavy atom. The second kappa shape index (κ2) is 8.23. The van der Waals surface area contributed by atoms with Crippen LogP contribution >= 0.6 is 11.6 Å². The number of ether oxygens (including phenoxy) is 1. The molecule has 8 nitrogen and oxygen atoms in total. The van der Waals surface area contributed by atoms with Crippen LogP contribution in [0.1, 0.15) is 27.2 Å². The summed E-state index contributed by atoms with van der Waals surface area (Å²) in [5.74, 6) is 0.644. The molecule has 0 bridgehead atoms. The molecular formula is C24H26ClFN6O2. The Morgan fingerprint density at radius 2 is 1.97 bits per heavy atom. The number of hydrogen-bond donors (Lipinski definition) is 1. The topological polar surface area (TPSA) is 83.5 Å². The van der Waals surface area contributed by atoms with Crippen LogP contribution < -0.4 is 10.2 Å². The van der Waals surface area contributed by atoms with Crippen molar-refractivity contribution in [2.24, 2.45) is 5.41 Å². The summed E-state index contributed by atoms with van der Waals surface area (Å²) in [6.07, 6.45) is 2.09. The van der Waals surface area contributed by atoms with E-state index in [4.69, 9.17) is 21.3 Å². The lowest BCUT2D eigenvalue weighted by Crippen LogP contribution is -2.58. The second-order valence-corrected chi connectivity index (χ2v) is 10.4. The third kappa shape index (κ3) is 4.32. The fraction of sp³-hybridized carbons (Fsp3) is 0.417. The number of nitrogens with one attached hydrogen (secondary N) is 1. The van der Waals surface area contributed by atoms with E-state index in [1.54, 1.807) is 17.0 Å². The molecule has 1 spiro atoms. The molecule has 2 aliphatic rings. The van der Waals surface area contributed by atoms with Gasteiger partial charge in [0, 0.05) is 31.6 Å². The molecule has 1 N–H and O–H groups in total. The van der Waals surface area contributed by atoms with Gasteiger partial charge in [0.25, 0.3) is 0 Å². The van der Waals surface area contributed by atoms with Crippen LogP contribution in [0, 0.1) is 11.2 Å². The van der Waals surface area contributed by atoms with Crippen LogP contribution in [0.15, 0.2) is 36.7 Å². The van der Waals surface area contributed by atoms with Crippen LogP contribution in [0.2, 0.25) is 5.02 Å². The van der Waals surface area contributed by atoms with Gasteiger partial charge in [0.05, 0.1) is 16.2 Å². The number of carbonyl (C=O) groups is 1. The van der Waals surface area contributed by atoms with Crippen LogP contribution in [0.25, 0.3) is 11.0 Å². The van der Waals surface area contributed by atoms with Gasteiger partial charge in [-0.15, -0.1) is 0 Å². The Hall–Kier alpha value is -3.20. The molecule has 2 fully saturated rings. The summed E-state index contributed by atoms with van der Waals surface area (Å²) in [6.45, 7) is 8.59. The number of hydrogen-bond acceptors (Lipinski definition) is 7. The molecule has 4 heterocycles. The lowest BCUT2D eigenvalue weighted by molar-refractivity contribution is 0.0265. The minimum absolute atomic E-state index is 0.0277. The maximum atomic E-state index is 14.4. The van der Waals surface area contributed by atoms with Gasteiger partial charge in [-0.1, -0.05) is 17.7 Å². The number of aromatic nitrogens is 3. The standard InChI is InChI=1S/C24H26ClFN6O2/c1-23(2,3)34-22(33)31-10-9-24(11-31)12-32(13-24)18-8-7-17-20(30-18)21(28-14-27-17)29-16-6-4-5-15(25)19(16)26/h4-8,14H,9-13H2,1-3H3,(H,27,28,29). The number of benzene rings is 1. The summed E-state index contributed by atoms with van der Waals surface area (Å²) in [5, 5.41) is 3.02. The highest BCUT2D eigenvalue weighted by molar-refractivity contribution is 6.31. The zero-order valence-electron chi connectivity index (χ0n) is 19.3. The van der Waals surface area contributed by atoms with Crippen LogP contribution in [-0.2, 0) is 4.74 Å². The number of rotatable bonds is 3. The molecule has 34 heavy (non-hydrogen) atoms. The number of amides is 1. The molecule has 0 radical (unpaired) electrons. The van der Waals surface area contributed by atoms with Crippen molar-refractivity contribution in [1.82, 2.24) is 19.9 Å². The summed E-state index contributed by atoms with van der Waals surface area (Å²) >= 11 is 5.91. The summed E-state index contributed by atoms with van der Waals surface area (Å²) in [7, 11) is 0. The van der Waals surface area contributed by atoms with E-state index in [-0.39, 0.29) is 22.2 Å². The molecule has 178 valence electrons. The molecule has 0 saturated carbocycles. The molecular weight excluding hydrogens is 459 g/mol. The number of halogens is 2. The largest absolute Gasteiger partial charge is 0.444 e. The summed E-state index contributed by atoms with van der Waals surface area (Å²) in [6, 6.07) is 8.55. The van der Waals surface area contributed by atoms with Gasteiger partial charge in [-0.05, 0) is 51.5 Å². The molecule has 3 aromatic rings. The highest BCUT2D eigenvalue weighted by atomic mass is 35.5. The Labute approximate surface area is 202 Å². The van der Waals surface area contributed by atoms with Gasteiger partial charge < -0.3 is 19.9 Å². The van der Waals surface area contributed by atoms with Gasteiger partial charge in [0.1, 0.15) is 23.3 Å². The minimum atomic E-state index is -0.549. The van der Waals surface area contributed by atoms with Gasteiger partial charge in [-0.25, -0.2) is 24.1 Å². The van der Waals surface area contributed by atoms with E-state index < -0.39 is 11.4 Å². The molecule has 2 saturated heterocycles. The van der Waals surface area contributed by atoms with Gasteiger partial charge in [0.15, 0.2) is 11.6 Å². The molecule has 1 aromatic carbocycles. The monoisotopic (exact) mass is 484 g/mol. The lowest BCUT2D eigenvalue weighted by atomic mass is 9.79. The molecule has 0 unspecified atom stereocenters. The van der Waals surface area contributed by atoms with Crippen molar-refractivity contribution >= 4 is 46.1 Å². The molecule has 0 aliphatic carbocycles. The summed E-state index contributed by atoms with van der Waals surface area (Å²) in [4.78, 5) is 29.8. The zero-order valence-corrected chi connectivity index (χ0v) is 20.1. The fourth-order valence-corrected chi connectivity index (χ4v) is 4.70. The van der Waals surface area contributed by atoms with Gasteiger partial charge >= 0.3 is 6.09 Å². The first-order chi connectivity index (χ1) is 16.1. The van der Waals surface area contributed by atoms with Crippen LogP contribution in [0.5, 0.6) is 0 Å². The smallest absolute Gasteiger partial charge is 0.410 e. The first kappa shape index (κ1) is 22.6. The highest BCUT2D eigenvalue weighted by Crippen LogP contribution is 2.42. The highest BCUT2D eigenvalue weighted by Gasteiger charge is 2.49. The Morgan fingerprint density at radius 1 is 1.18 bits per heavy atom. The van der Waals surface area contributed by atoms with Crippen LogP contribution in [0.3, 0.4) is 0 Å². The molecule has 2 aliphatic heterocycles. The predicted molar refractivity (Wildman–Crippen MR) is 129 cm³/mol. The molecule has 10 heteroatoms. The Bertz CT molecular complexity index is 1260. The van der Waals surface area contributed by atoms with E-state index in [9.17, 15) is 9.18 Å². The average Bonchev–Trinajstić information content (AvgIpc) is 3.21. The van der Waals surface area contributed by atoms with Gasteiger partial charge in [-0.2, -0.15) is 0 Å². The van der Waals surface area contributed by atoms with Crippen LogP contribution in [0.4, 0.5) is 26.5 Å². The number of fused-ring (bicyclic) bond motifs is 1. The number of anilines is 3. The Balaban J connectivity index is 1.32. The fourth-order valence-electron chi connectivity index (χ4n) is 4.53. The van der Waals surface area contributed by atoms with Gasteiger partial charge in [0.2, 0.25) is 0 Å². The molecule has 2 aromatic heterocycles. The van der Waals surface area contributed by atoms with Crippen molar-refractivity contribution in [3.8, 4) is 0 Å². The second-order valence-electron chi connectivity index (χ2n) is 9.99. The number of carbonyl (C=O) groups excluding carboxylic acids is 1. The summed E-state index contributed by atoms with van der Waals surface area (Å²) < 4.78 is 19.9. The maximum Gasteiger partial charge on any atom is 0.410 e. The number of pyridine rings is 1. The third-order valence-corrected chi connectivity index (χ3v) is 6.43. The SMILES string of the molecule is CC(C)(C)OC(=O)N1CCC2(C1)CN(c1ccc3ncnc(Nc4cccc(Cl)c4F)c3n1)C2. The predicted octanol–water partition coefficient (Wildman–Crippen LogP) is 5.01. The molecule has 5 rings (SSSR count). The summed E-state index contributed by atoms with van der Waals surface area (Å²) in [5.41, 5.74) is 0.954. The average molecular weight is 485 g/mol. The van der Waals surface area contributed by atoms with Crippen LogP contribution in [-0.4, -0.2) is 57.7 Å². The lowest BCUT2D eigenvalue weighted by Gasteiger charge is -2.48. The van der Waals surface area contributed by atoms with Crippen molar-refractivity contribution in [2.45, 2.75) is 32.8 Å². The van der Waals surface area contributed by atoms with E-state index in [2.05, 4.69) is 20.2 Å². The quantitative estimate of drug-likeness (QED) is 0.559. The van der Waals surface area contributed by atoms with E-state index in [1.807, 2.05) is 32.9 Å². The normalized spacial score (nSPS) is 17.2. The Kier molecular flexibility index (Phi) is 5.47. The number of nitrogens with zero attached hydrogens (tertiary/aromatic N) is 5. The van der Waals surface area contributed by atoms with Crippen molar-refractivity contribution in [1.29, 1.82) is 0 Å². The maximum absolute atomic E-state index is 14.4.